The highest BCUT2D eigenvalue weighted by atomic mass is 19.1. The fraction of sp³-hybridized carbons (Fsp3) is 0. The highest BCUT2D eigenvalue weighted by Crippen LogP contribution is 2.05. The number of hydrogen-bond donors (Lipinski definition) is 0. The summed E-state index contributed by atoms with van der Waals surface area (Å²) >= 11 is 0. The van der Waals surface area contributed by atoms with E-state index in [9.17, 15) is 9.18 Å². The Bertz CT molecular complexity index is 595. The summed E-state index contributed by atoms with van der Waals surface area (Å²) in [5.41, 5.74) is 1.77. The second kappa shape index (κ2) is 6.45. The second-order valence-electron chi connectivity index (χ2n) is 4.03. The van der Waals surface area contributed by atoms with Crippen molar-refractivity contribution in [3.8, 4) is 0 Å². The highest BCUT2D eigenvalue weighted by Gasteiger charge is 1.92. The molecule has 0 aliphatic carbocycles. The zero-order chi connectivity index (χ0) is 13.5. The van der Waals surface area contributed by atoms with E-state index in [0.717, 1.165) is 11.1 Å². The van der Waals surface area contributed by atoms with Crippen molar-refractivity contribution in [3.63, 3.8) is 0 Å². The molecule has 0 bridgehead atoms. The largest absolute Gasteiger partial charge is 0.290 e. The van der Waals surface area contributed by atoms with Crippen LogP contribution in [0.3, 0.4) is 0 Å². The van der Waals surface area contributed by atoms with E-state index >= 15 is 0 Å². The predicted molar refractivity (Wildman–Crippen MR) is 75.9 cm³/mol. The van der Waals surface area contributed by atoms with Crippen LogP contribution in [0, 0.1) is 5.82 Å². The minimum absolute atomic E-state index is 0.104. The average Bonchev–Trinajstić information content (AvgIpc) is 2.45. The summed E-state index contributed by atoms with van der Waals surface area (Å²) in [5.74, 6) is -0.388. The van der Waals surface area contributed by atoms with Gasteiger partial charge in [0.05, 0.1) is 0 Å². The van der Waals surface area contributed by atoms with Gasteiger partial charge in [-0.1, -0.05) is 54.6 Å². The number of allylic oxidation sites excluding steroid dienone is 2. The summed E-state index contributed by atoms with van der Waals surface area (Å²) in [5, 5.41) is 0. The van der Waals surface area contributed by atoms with Gasteiger partial charge >= 0.3 is 0 Å². The first kappa shape index (κ1) is 13.0. The Morgan fingerprint density at radius 1 is 0.789 bits per heavy atom. The third-order valence-electron chi connectivity index (χ3n) is 2.55. The van der Waals surface area contributed by atoms with Gasteiger partial charge in [-0.05, 0) is 35.4 Å². The maximum absolute atomic E-state index is 12.7. The lowest BCUT2D eigenvalue weighted by Crippen LogP contribution is -1.85. The molecule has 2 aromatic rings. The van der Waals surface area contributed by atoms with E-state index in [1.807, 2.05) is 30.3 Å². The first-order valence-corrected chi connectivity index (χ1v) is 5.95. The van der Waals surface area contributed by atoms with Crippen LogP contribution in [0.25, 0.3) is 12.2 Å². The van der Waals surface area contributed by atoms with Gasteiger partial charge in [0.15, 0.2) is 5.78 Å². The van der Waals surface area contributed by atoms with Gasteiger partial charge in [0, 0.05) is 0 Å². The molecular formula is C17H13FO. The monoisotopic (exact) mass is 252 g/mol. The van der Waals surface area contributed by atoms with Gasteiger partial charge in [-0.3, -0.25) is 4.79 Å². The molecule has 0 radical (unpaired) electrons. The lowest BCUT2D eigenvalue weighted by molar-refractivity contribution is -0.110. The van der Waals surface area contributed by atoms with Gasteiger partial charge in [-0.25, -0.2) is 4.39 Å². The Kier molecular flexibility index (Phi) is 4.40. The lowest BCUT2D eigenvalue weighted by atomic mass is 10.1. The van der Waals surface area contributed by atoms with Crippen LogP contribution in [0.1, 0.15) is 11.1 Å². The van der Waals surface area contributed by atoms with Crippen molar-refractivity contribution in [3.05, 3.63) is 83.7 Å². The summed E-state index contributed by atoms with van der Waals surface area (Å²) in [6.45, 7) is 0. The summed E-state index contributed by atoms with van der Waals surface area (Å²) in [7, 11) is 0. The molecule has 0 saturated heterocycles. The van der Waals surface area contributed by atoms with Gasteiger partial charge in [0.25, 0.3) is 0 Å². The normalized spacial score (nSPS) is 11.2. The van der Waals surface area contributed by atoms with Crippen LogP contribution < -0.4 is 0 Å². The Labute approximate surface area is 111 Å². The molecule has 0 amide bonds. The van der Waals surface area contributed by atoms with Crippen molar-refractivity contribution in [1.29, 1.82) is 0 Å². The number of ketones is 1. The number of carbonyl (C=O) groups excluding carboxylic acids is 1. The van der Waals surface area contributed by atoms with E-state index in [2.05, 4.69) is 0 Å². The van der Waals surface area contributed by atoms with Crippen LogP contribution in [-0.4, -0.2) is 5.78 Å². The van der Waals surface area contributed by atoms with Gasteiger partial charge < -0.3 is 0 Å². The quantitative estimate of drug-likeness (QED) is 0.748. The molecule has 0 spiro atoms. The summed E-state index contributed by atoms with van der Waals surface area (Å²) in [4.78, 5) is 11.6. The minimum Gasteiger partial charge on any atom is -0.290 e. The molecule has 94 valence electrons. The van der Waals surface area contributed by atoms with Crippen LogP contribution in [0.2, 0.25) is 0 Å². The molecule has 19 heavy (non-hydrogen) atoms. The SMILES string of the molecule is O=C(C=Cc1ccccc1)C=Cc1ccc(F)cc1. The minimum atomic E-state index is -0.285. The molecule has 0 heterocycles. The van der Waals surface area contributed by atoms with Crippen molar-refractivity contribution in [2.24, 2.45) is 0 Å². The molecule has 0 aromatic heterocycles. The molecular weight excluding hydrogens is 239 g/mol. The lowest BCUT2D eigenvalue weighted by Gasteiger charge is -1.92. The Morgan fingerprint density at radius 3 is 1.89 bits per heavy atom. The average molecular weight is 252 g/mol. The highest BCUT2D eigenvalue weighted by molar-refractivity contribution is 6.04. The topological polar surface area (TPSA) is 17.1 Å². The molecule has 0 saturated carbocycles. The smallest absolute Gasteiger partial charge is 0.178 e. The maximum Gasteiger partial charge on any atom is 0.178 e. The molecule has 0 N–H and O–H groups in total. The van der Waals surface area contributed by atoms with E-state index in [4.69, 9.17) is 0 Å². The van der Waals surface area contributed by atoms with E-state index in [1.165, 1.54) is 24.3 Å². The van der Waals surface area contributed by atoms with Gasteiger partial charge in [-0.2, -0.15) is 0 Å². The van der Waals surface area contributed by atoms with Crippen molar-refractivity contribution < 1.29 is 9.18 Å². The Hall–Kier alpha value is -2.48. The van der Waals surface area contributed by atoms with E-state index in [-0.39, 0.29) is 11.6 Å². The third kappa shape index (κ3) is 4.36. The molecule has 0 aliphatic heterocycles. The van der Waals surface area contributed by atoms with Crippen LogP contribution in [0.15, 0.2) is 66.7 Å². The number of benzene rings is 2. The number of rotatable bonds is 4. The zero-order valence-corrected chi connectivity index (χ0v) is 10.3. The summed E-state index contributed by atoms with van der Waals surface area (Å²) < 4.78 is 12.7. The van der Waals surface area contributed by atoms with Crippen LogP contribution in [-0.2, 0) is 4.79 Å². The van der Waals surface area contributed by atoms with E-state index in [1.54, 1.807) is 24.3 Å². The predicted octanol–water partition coefficient (Wildman–Crippen LogP) is 4.12. The number of carbonyl (C=O) groups is 1. The number of halogens is 1. The Morgan fingerprint density at radius 2 is 1.32 bits per heavy atom. The third-order valence-corrected chi connectivity index (χ3v) is 2.55. The van der Waals surface area contributed by atoms with Crippen LogP contribution >= 0.6 is 0 Å². The van der Waals surface area contributed by atoms with Crippen LogP contribution in [0.5, 0.6) is 0 Å². The maximum atomic E-state index is 12.7. The molecule has 1 nitrogen and oxygen atoms in total. The molecule has 0 aliphatic rings. The summed E-state index contributed by atoms with van der Waals surface area (Å²) in [6.07, 6.45) is 6.40. The van der Waals surface area contributed by atoms with E-state index in [0.29, 0.717) is 0 Å². The summed E-state index contributed by atoms with van der Waals surface area (Å²) in [6, 6.07) is 15.6. The molecule has 2 heteroatoms. The zero-order valence-electron chi connectivity index (χ0n) is 10.3. The molecule has 0 atom stereocenters. The molecule has 2 aromatic carbocycles. The first-order chi connectivity index (χ1) is 9.24. The fourth-order valence-corrected chi connectivity index (χ4v) is 1.55. The fourth-order valence-electron chi connectivity index (χ4n) is 1.55. The Balaban J connectivity index is 1.98. The second-order valence-corrected chi connectivity index (χ2v) is 4.03. The van der Waals surface area contributed by atoms with Gasteiger partial charge in [0.2, 0.25) is 0 Å². The van der Waals surface area contributed by atoms with E-state index < -0.39 is 0 Å². The molecule has 2 rings (SSSR count). The molecule has 0 unspecified atom stereocenters. The van der Waals surface area contributed by atoms with Gasteiger partial charge in [-0.15, -0.1) is 0 Å². The van der Waals surface area contributed by atoms with Crippen molar-refractivity contribution >= 4 is 17.9 Å². The van der Waals surface area contributed by atoms with Crippen molar-refractivity contribution in [2.45, 2.75) is 0 Å². The van der Waals surface area contributed by atoms with Crippen molar-refractivity contribution in [2.75, 3.05) is 0 Å². The standard InChI is InChI=1S/C17H13FO/c18-16-10-6-15(7-11-16)9-13-17(19)12-8-14-4-2-1-3-5-14/h1-13H. The van der Waals surface area contributed by atoms with Gasteiger partial charge in [0.1, 0.15) is 5.82 Å². The first-order valence-electron chi connectivity index (χ1n) is 5.95. The molecule has 0 fully saturated rings. The van der Waals surface area contributed by atoms with Crippen LogP contribution in [0.4, 0.5) is 4.39 Å². The number of hydrogen-bond acceptors (Lipinski definition) is 1. The van der Waals surface area contributed by atoms with Crippen molar-refractivity contribution in [1.82, 2.24) is 0 Å².